The molecule has 0 aliphatic heterocycles. The number of benzene rings is 1. The second-order valence-electron chi connectivity index (χ2n) is 6.43. The first kappa shape index (κ1) is 24.0. The van der Waals surface area contributed by atoms with Gasteiger partial charge in [0.25, 0.3) is 0 Å². The maximum Gasteiger partial charge on any atom is 0.416 e. The normalized spacial score (nSPS) is 11.1. The summed E-state index contributed by atoms with van der Waals surface area (Å²) in [6, 6.07) is 9.42. The lowest BCUT2D eigenvalue weighted by atomic mass is 10.1. The minimum atomic E-state index is -4.35. The molecule has 0 atom stereocenters. The van der Waals surface area contributed by atoms with Gasteiger partial charge in [0, 0.05) is 22.2 Å². The Balaban J connectivity index is 0.00000155. The van der Waals surface area contributed by atoms with Crippen molar-refractivity contribution in [2.45, 2.75) is 51.1 Å². The standard InChI is InChI=1S/C21H21F3N2OS.C2H6/c1-15-5-7-17(14-26-15)27-11-3-2-4-12-28-20-9-10-25-19-13-16(21(22,23)24)6-8-18(19)20;1-2/h5-10,13-14H,2-4,11-12H2,1H3;1-2H3. The van der Waals surface area contributed by atoms with Crippen molar-refractivity contribution >= 4 is 22.7 Å². The van der Waals surface area contributed by atoms with E-state index >= 15 is 0 Å². The summed E-state index contributed by atoms with van der Waals surface area (Å²) in [5.74, 6) is 1.67. The van der Waals surface area contributed by atoms with Crippen LogP contribution in [0.15, 0.2) is 53.7 Å². The molecule has 0 saturated carbocycles. The molecule has 30 heavy (non-hydrogen) atoms. The van der Waals surface area contributed by atoms with Crippen LogP contribution < -0.4 is 4.74 Å². The van der Waals surface area contributed by atoms with Gasteiger partial charge in [-0.1, -0.05) is 19.9 Å². The fourth-order valence-corrected chi connectivity index (χ4v) is 3.77. The molecule has 2 aromatic heterocycles. The number of hydrogen-bond acceptors (Lipinski definition) is 4. The number of rotatable bonds is 8. The number of pyridine rings is 2. The zero-order valence-corrected chi connectivity index (χ0v) is 18.3. The summed E-state index contributed by atoms with van der Waals surface area (Å²) < 4.78 is 44.2. The second-order valence-corrected chi connectivity index (χ2v) is 7.57. The maximum atomic E-state index is 12.8. The van der Waals surface area contributed by atoms with E-state index in [1.807, 2.05) is 39.0 Å². The number of halogens is 3. The van der Waals surface area contributed by atoms with Crippen molar-refractivity contribution in [3.63, 3.8) is 0 Å². The summed E-state index contributed by atoms with van der Waals surface area (Å²) in [4.78, 5) is 9.23. The first-order valence-corrected chi connectivity index (χ1v) is 11.1. The summed E-state index contributed by atoms with van der Waals surface area (Å²) in [5, 5.41) is 0.760. The summed E-state index contributed by atoms with van der Waals surface area (Å²) in [6.07, 6.45) is 1.91. The Hall–Kier alpha value is -2.28. The molecule has 0 fully saturated rings. The van der Waals surface area contributed by atoms with Gasteiger partial charge in [-0.25, -0.2) is 0 Å². The minimum absolute atomic E-state index is 0.375. The van der Waals surface area contributed by atoms with Gasteiger partial charge >= 0.3 is 6.18 Å². The summed E-state index contributed by atoms with van der Waals surface area (Å²) in [7, 11) is 0. The zero-order chi connectivity index (χ0) is 22.0. The van der Waals surface area contributed by atoms with Crippen molar-refractivity contribution in [2.75, 3.05) is 12.4 Å². The number of fused-ring (bicyclic) bond motifs is 1. The van der Waals surface area contributed by atoms with E-state index in [-0.39, 0.29) is 0 Å². The monoisotopic (exact) mass is 436 g/mol. The molecule has 0 radical (unpaired) electrons. The maximum absolute atomic E-state index is 12.8. The third-order valence-corrected chi connectivity index (χ3v) is 5.39. The third-order valence-electron chi connectivity index (χ3n) is 4.23. The average molecular weight is 437 g/mol. The van der Waals surface area contributed by atoms with Crippen LogP contribution in [0.2, 0.25) is 0 Å². The highest BCUT2D eigenvalue weighted by molar-refractivity contribution is 7.99. The van der Waals surface area contributed by atoms with Gasteiger partial charge in [-0.15, -0.1) is 11.8 Å². The first-order valence-electron chi connectivity index (χ1n) is 10.1. The largest absolute Gasteiger partial charge is 0.492 e. The van der Waals surface area contributed by atoms with Crippen LogP contribution >= 0.6 is 11.8 Å². The number of aryl methyl sites for hydroxylation is 1. The summed E-state index contributed by atoms with van der Waals surface area (Å²) in [6.45, 7) is 6.58. The van der Waals surface area contributed by atoms with Gasteiger partial charge in [0.05, 0.1) is 23.9 Å². The van der Waals surface area contributed by atoms with Gasteiger partial charge in [-0.3, -0.25) is 9.97 Å². The Labute approximate surface area is 180 Å². The van der Waals surface area contributed by atoms with E-state index in [4.69, 9.17) is 4.74 Å². The van der Waals surface area contributed by atoms with Crippen LogP contribution in [0.1, 0.15) is 44.4 Å². The van der Waals surface area contributed by atoms with Crippen LogP contribution in [0.4, 0.5) is 13.2 Å². The number of unbranched alkanes of at least 4 members (excludes halogenated alkanes) is 2. The Morgan fingerprint density at radius 1 is 0.967 bits per heavy atom. The summed E-state index contributed by atoms with van der Waals surface area (Å²) >= 11 is 1.65. The van der Waals surface area contributed by atoms with Crippen LogP contribution in [0, 0.1) is 6.92 Å². The molecule has 7 heteroatoms. The van der Waals surface area contributed by atoms with Crippen molar-refractivity contribution in [3.05, 3.63) is 60.0 Å². The van der Waals surface area contributed by atoms with Crippen molar-refractivity contribution < 1.29 is 17.9 Å². The first-order chi connectivity index (χ1) is 14.4. The van der Waals surface area contributed by atoms with E-state index in [0.29, 0.717) is 12.1 Å². The molecule has 162 valence electrons. The lowest BCUT2D eigenvalue weighted by molar-refractivity contribution is -0.137. The van der Waals surface area contributed by atoms with Gasteiger partial charge in [-0.2, -0.15) is 13.2 Å². The summed E-state index contributed by atoms with van der Waals surface area (Å²) in [5.41, 5.74) is 0.668. The van der Waals surface area contributed by atoms with Gasteiger partial charge in [-0.05, 0) is 62.3 Å². The fourth-order valence-electron chi connectivity index (χ4n) is 2.72. The van der Waals surface area contributed by atoms with Crippen LogP contribution in [0.25, 0.3) is 10.9 Å². The number of alkyl halides is 3. The number of aromatic nitrogens is 2. The molecule has 2 heterocycles. The van der Waals surface area contributed by atoms with E-state index in [0.717, 1.165) is 58.9 Å². The quantitative estimate of drug-likeness (QED) is 0.274. The molecule has 0 aliphatic carbocycles. The zero-order valence-electron chi connectivity index (χ0n) is 17.5. The topological polar surface area (TPSA) is 35.0 Å². The molecule has 0 spiro atoms. The van der Waals surface area contributed by atoms with Gasteiger partial charge in [0.15, 0.2) is 0 Å². The van der Waals surface area contributed by atoms with E-state index in [2.05, 4.69) is 9.97 Å². The molecular formula is C23H27F3N2OS. The molecule has 3 nitrogen and oxygen atoms in total. The van der Waals surface area contributed by atoms with Crippen LogP contribution in [-0.2, 0) is 6.18 Å². The van der Waals surface area contributed by atoms with Crippen molar-refractivity contribution in [2.24, 2.45) is 0 Å². The van der Waals surface area contributed by atoms with Crippen LogP contribution in [-0.4, -0.2) is 22.3 Å². The Kier molecular flexibility index (Phi) is 9.43. The van der Waals surface area contributed by atoms with Crippen molar-refractivity contribution in [3.8, 4) is 5.75 Å². The molecule has 0 saturated heterocycles. The molecule has 0 amide bonds. The van der Waals surface area contributed by atoms with Crippen molar-refractivity contribution in [1.82, 2.24) is 9.97 Å². The highest BCUT2D eigenvalue weighted by atomic mass is 32.2. The lowest BCUT2D eigenvalue weighted by Crippen LogP contribution is -2.04. The van der Waals surface area contributed by atoms with E-state index in [1.54, 1.807) is 24.2 Å². The lowest BCUT2D eigenvalue weighted by Gasteiger charge is -2.10. The highest BCUT2D eigenvalue weighted by Gasteiger charge is 2.30. The van der Waals surface area contributed by atoms with E-state index in [9.17, 15) is 13.2 Å². The van der Waals surface area contributed by atoms with E-state index < -0.39 is 11.7 Å². The van der Waals surface area contributed by atoms with Gasteiger partial charge in [0.2, 0.25) is 0 Å². The van der Waals surface area contributed by atoms with Crippen molar-refractivity contribution in [1.29, 1.82) is 0 Å². The molecule has 0 bridgehead atoms. The van der Waals surface area contributed by atoms with Gasteiger partial charge < -0.3 is 4.74 Å². The molecular weight excluding hydrogens is 409 g/mol. The predicted octanol–water partition coefficient (Wildman–Crippen LogP) is 7.32. The smallest absolute Gasteiger partial charge is 0.416 e. The predicted molar refractivity (Wildman–Crippen MR) is 117 cm³/mol. The highest BCUT2D eigenvalue weighted by Crippen LogP contribution is 2.33. The molecule has 0 unspecified atom stereocenters. The fraction of sp³-hybridized carbons (Fsp3) is 0.391. The number of thioether (sulfide) groups is 1. The number of nitrogens with zero attached hydrogens (tertiary/aromatic N) is 2. The average Bonchev–Trinajstić information content (AvgIpc) is 2.75. The van der Waals surface area contributed by atoms with E-state index in [1.165, 1.54) is 6.07 Å². The van der Waals surface area contributed by atoms with Crippen LogP contribution in [0.5, 0.6) is 5.75 Å². The van der Waals surface area contributed by atoms with Gasteiger partial charge in [0.1, 0.15) is 5.75 Å². The SMILES string of the molecule is CC.Cc1ccc(OCCCCCSc2ccnc3cc(C(F)(F)F)ccc23)cn1. The molecule has 3 aromatic rings. The minimum Gasteiger partial charge on any atom is -0.492 e. The molecule has 0 aliphatic rings. The Morgan fingerprint density at radius 3 is 2.47 bits per heavy atom. The second kappa shape index (κ2) is 11.8. The number of hydrogen-bond donors (Lipinski definition) is 0. The molecule has 3 rings (SSSR count). The Morgan fingerprint density at radius 2 is 1.77 bits per heavy atom. The molecule has 1 aromatic carbocycles. The molecule has 0 N–H and O–H groups in total. The third kappa shape index (κ3) is 7.20. The van der Waals surface area contributed by atoms with Crippen LogP contribution in [0.3, 0.4) is 0 Å². The Bertz CT molecular complexity index is 914. The number of ether oxygens (including phenoxy) is 1.